The van der Waals surface area contributed by atoms with Crippen LogP contribution in [-0.2, 0) is 0 Å². The van der Waals surface area contributed by atoms with Crippen LogP contribution in [0.5, 0.6) is 0 Å². The fourth-order valence-corrected chi connectivity index (χ4v) is 5.07. The number of tetrazole rings is 1. The molecule has 29 heavy (non-hydrogen) atoms. The van der Waals surface area contributed by atoms with Gasteiger partial charge in [0.05, 0.1) is 11.6 Å². The van der Waals surface area contributed by atoms with Crippen molar-refractivity contribution in [1.29, 1.82) is 0 Å². The molecule has 0 radical (unpaired) electrons. The minimum absolute atomic E-state index is 0.0386. The molecule has 3 aromatic rings. The first kappa shape index (κ1) is 18.5. The van der Waals surface area contributed by atoms with E-state index < -0.39 is 0 Å². The minimum atomic E-state index is -0.209. The van der Waals surface area contributed by atoms with Crippen LogP contribution in [0.2, 0.25) is 0 Å². The number of hydrogen-bond acceptors (Lipinski definition) is 5. The van der Waals surface area contributed by atoms with Gasteiger partial charge in [0.2, 0.25) is 0 Å². The Morgan fingerprint density at radius 2 is 1.90 bits per heavy atom. The Labute approximate surface area is 170 Å². The highest BCUT2D eigenvalue weighted by atomic mass is 16.1. The van der Waals surface area contributed by atoms with Crippen molar-refractivity contribution < 1.29 is 0 Å². The lowest BCUT2D eigenvalue weighted by molar-refractivity contribution is 0.174. The van der Waals surface area contributed by atoms with Gasteiger partial charge in [-0.2, -0.15) is 0 Å². The molecular formula is C22H28N6O. The lowest BCUT2D eigenvalue weighted by Crippen LogP contribution is -2.38. The SMILES string of the molecule is Cc1cccc2cc(C(c3nnnn3C3CCCC3)N3CCCCC3)c(=O)[nH]c12. The predicted octanol–water partition coefficient (Wildman–Crippen LogP) is 3.51. The van der Waals surface area contributed by atoms with E-state index in [1.165, 1.54) is 19.3 Å². The van der Waals surface area contributed by atoms with Crippen LogP contribution in [0.25, 0.3) is 10.9 Å². The zero-order valence-electron chi connectivity index (χ0n) is 17.0. The molecule has 7 heteroatoms. The van der Waals surface area contributed by atoms with Crippen LogP contribution < -0.4 is 5.56 Å². The van der Waals surface area contributed by atoms with E-state index in [4.69, 9.17) is 0 Å². The average molecular weight is 393 g/mol. The minimum Gasteiger partial charge on any atom is -0.321 e. The van der Waals surface area contributed by atoms with Gasteiger partial charge in [0.25, 0.3) is 5.56 Å². The molecule has 7 nitrogen and oxygen atoms in total. The molecule has 0 bridgehead atoms. The first-order valence-electron chi connectivity index (χ1n) is 10.9. The summed E-state index contributed by atoms with van der Waals surface area (Å²) in [7, 11) is 0. The van der Waals surface area contributed by atoms with Gasteiger partial charge in [-0.05, 0) is 73.1 Å². The van der Waals surface area contributed by atoms with Crippen molar-refractivity contribution in [3.8, 4) is 0 Å². The van der Waals surface area contributed by atoms with Crippen LogP contribution in [-0.4, -0.2) is 43.2 Å². The highest BCUT2D eigenvalue weighted by molar-refractivity contribution is 5.82. The molecule has 1 aliphatic carbocycles. The van der Waals surface area contributed by atoms with Gasteiger partial charge in [0.15, 0.2) is 5.82 Å². The van der Waals surface area contributed by atoms with Crippen molar-refractivity contribution in [2.75, 3.05) is 13.1 Å². The lowest BCUT2D eigenvalue weighted by atomic mass is 9.99. The van der Waals surface area contributed by atoms with E-state index in [-0.39, 0.29) is 11.6 Å². The van der Waals surface area contributed by atoms with E-state index >= 15 is 0 Å². The quantitative estimate of drug-likeness (QED) is 0.735. The molecular weight excluding hydrogens is 364 g/mol. The van der Waals surface area contributed by atoms with Crippen molar-refractivity contribution >= 4 is 10.9 Å². The lowest BCUT2D eigenvalue weighted by Gasteiger charge is -2.34. The van der Waals surface area contributed by atoms with E-state index in [9.17, 15) is 4.79 Å². The van der Waals surface area contributed by atoms with Gasteiger partial charge in [-0.1, -0.05) is 37.5 Å². The van der Waals surface area contributed by atoms with Crippen LogP contribution in [0.3, 0.4) is 0 Å². The standard InChI is InChI=1S/C22H28N6O/c1-15-8-7-9-16-14-18(22(29)23-19(15)16)20(27-12-5-2-6-13-27)21-24-25-26-28(21)17-10-3-4-11-17/h7-9,14,17,20H,2-6,10-13H2,1H3,(H,23,29). The summed E-state index contributed by atoms with van der Waals surface area (Å²) in [5.41, 5.74) is 2.70. The third-order valence-electron chi connectivity index (χ3n) is 6.60. The van der Waals surface area contributed by atoms with E-state index in [0.29, 0.717) is 6.04 Å². The molecule has 2 aliphatic rings. The summed E-state index contributed by atoms with van der Waals surface area (Å²) in [6.45, 7) is 3.96. The van der Waals surface area contributed by atoms with Crippen LogP contribution in [0.4, 0.5) is 0 Å². The molecule has 1 unspecified atom stereocenters. The molecule has 0 amide bonds. The number of hydrogen-bond donors (Lipinski definition) is 1. The molecule has 1 saturated heterocycles. The topological polar surface area (TPSA) is 79.7 Å². The number of nitrogens with zero attached hydrogens (tertiary/aromatic N) is 5. The maximum Gasteiger partial charge on any atom is 0.253 e. The number of aryl methyl sites for hydroxylation is 1. The predicted molar refractivity (Wildman–Crippen MR) is 112 cm³/mol. The Morgan fingerprint density at radius 3 is 2.69 bits per heavy atom. The van der Waals surface area contributed by atoms with Crippen LogP contribution >= 0.6 is 0 Å². The van der Waals surface area contributed by atoms with E-state index in [1.807, 2.05) is 29.8 Å². The van der Waals surface area contributed by atoms with Gasteiger partial charge >= 0.3 is 0 Å². The Balaban J connectivity index is 1.66. The summed E-state index contributed by atoms with van der Waals surface area (Å²) in [5, 5.41) is 13.9. The van der Waals surface area contributed by atoms with Crippen molar-refractivity contribution in [3.63, 3.8) is 0 Å². The number of benzene rings is 1. The Morgan fingerprint density at radius 1 is 1.10 bits per heavy atom. The maximum absolute atomic E-state index is 13.2. The zero-order valence-corrected chi connectivity index (χ0v) is 17.0. The second-order valence-corrected chi connectivity index (χ2v) is 8.51. The number of rotatable bonds is 4. The van der Waals surface area contributed by atoms with Crippen LogP contribution in [0, 0.1) is 6.92 Å². The number of aromatic nitrogens is 5. The molecule has 2 fully saturated rings. The van der Waals surface area contributed by atoms with Crippen molar-refractivity contribution in [1.82, 2.24) is 30.1 Å². The van der Waals surface area contributed by atoms with Gasteiger partial charge in [-0.3, -0.25) is 9.69 Å². The Bertz CT molecular complexity index is 1060. The molecule has 2 aromatic heterocycles. The van der Waals surface area contributed by atoms with Crippen molar-refractivity contribution in [2.45, 2.75) is 64.0 Å². The fraction of sp³-hybridized carbons (Fsp3) is 0.545. The summed E-state index contributed by atoms with van der Waals surface area (Å²) in [6.07, 6.45) is 8.18. The third kappa shape index (κ3) is 3.37. The monoisotopic (exact) mass is 392 g/mol. The molecule has 152 valence electrons. The summed E-state index contributed by atoms with van der Waals surface area (Å²) in [6, 6.07) is 8.32. The molecule has 3 heterocycles. The number of piperidine rings is 1. The van der Waals surface area contributed by atoms with Gasteiger partial charge < -0.3 is 4.98 Å². The Kier molecular flexibility index (Phi) is 4.91. The van der Waals surface area contributed by atoms with Gasteiger partial charge in [-0.25, -0.2) is 4.68 Å². The van der Waals surface area contributed by atoms with E-state index in [0.717, 1.165) is 66.6 Å². The van der Waals surface area contributed by atoms with Gasteiger partial charge in [0, 0.05) is 5.56 Å². The van der Waals surface area contributed by atoms with Crippen LogP contribution in [0.15, 0.2) is 29.1 Å². The highest BCUT2D eigenvalue weighted by Gasteiger charge is 2.33. The van der Waals surface area contributed by atoms with Crippen molar-refractivity contribution in [2.24, 2.45) is 0 Å². The number of fused-ring (bicyclic) bond motifs is 1. The summed E-state index contributed by atoms with van der Waals surface area (Å²) < 4.78 is 2.01. The number of likely N-dealkylation sites (tertiary alicyclic amines) is 1. The first-order valence-corrected chi connectivity index (χ1v) is 10.9. The number of nitrogens with one attached hydrogen (secondary N) is 1. The molecule has 1 aromatic carbocycles. The van der Waals surface area contributed by atoms with Gasteiger partial charge in [0.1, 0.15) is 6.04 Å². The van der Waals surface area contributed by atoms with Crippen LogP contribution in [0.1, 0.15) is 74.0 Å². The molecule has 0 spiro atoms. The molecule has 1 aliphatic heterocycles. The third-order valence-corrected chi connectivity index (χ3v) is 6.60. The largest absolute Gasteiger partial charge is 0.321 e. The summed E-state index contributed by atoms with van der Waals surface area (Å²) >= 11 is 0. The normalized spacial score (nSPS) is 19.8. The maximum atomic E-state index is 13.2. The average Bonchev–Trinajstić information content (AvgIpc) is 3.42. The Hall–Kier alpha value is -2.54. The van der Waals surface area contributed by atoms with Gasteiger partial charge in [-0.15, -0.1) is 5.10 Å². The number of H-pyrrole nitrogens is 1. The van der Waals surface area contributed by atoms with E-state index in [1.54, 1.807) is 0 Å². The number of pyridine rings is 1. The molecule has 1 atom stereocenters. The number of para-hydroxylation sites is 1. The molecule has 1 N–H and O–H groups in total. The van der Waals surface area contributed by atoms with Crippen molar-refractivity contribution in [3.05, 3.63) is 51.6 Å². The van der Waals surface area contributed by atoms with E-state index in [2.05, 4.69) is 31.5 Å². The second kappa shape index (κ2) is 7.71. The highest BCUT2D eigenvalue weighted by Crippen LogP contribution is 2.34. The smallest absolute Gasteiger partial charge is 0.253 e. The number of aromatic amines is 1. The summed E-state index contributed by atoms with van der Waals surface area (Å²) in [4.78, 5) is 18.8. The summed E-state index contributed by atoms with van der Waals surface area (Å²) in [5.74, 6) is 0.816. The molecule has 1 saturated carbocycles. The fourth-order valence-electron chi connectivity index (χ4n) is 5.07. The second-order valence-electron chi connectivity index (χ2n) is 8.51. The molecule has 5 rings (SSSR count). The zero-order chi connectivity index (χ0) is 19.8. The first-order chi connectivity index (χ1) is 14.2.